The fraction of sp³-hybridized carbons (Fsp3) is 0.500. The van der Waals surface area contributed by atoms with Gasteiger partial charge < -0.3 is 15.7 Å². The molecule has 1 fully saturated rings. The number of amides is 2. The highest BCUT2D eigenvalue weighted by Crippen LogP contribution is 2.30. The lowest BCUT2D eigenvalue weighted by atomic mass is 9.97. The Bertz CT molecular complexity index is 439. The highest BCUT2D eigenvalue weighted by Gasteiger charge is 2.26. The molecule has 0 saturated heterocycles. The monoisotopic (exact) mass is 282 g/mol. The summed E-state index contributed by atoms with van der Waals surface area (Å²) in [6.45, 7) is 0.806. The largest absolute Gasteiger partial charge is 0.396 e. The van der Waals surface area contributed by atoms with Gasteiger partial charge in [-0.25, -0.2) is 4.79 Å². The molecule has 19 heavy (non-hydrogen) atoms. The smallest absolute Gasteiger partial charge is 0.319 e. The second-order valence-electron chi connectivity index (χ2n) is 4.95. The number of anilines is 1. The van der Waals surface area contributed by atoms with Crippen LogP contribution in [0.25, 0.3) is 0 Å². The van der Waals surface area contributed by atoms with Crippen LogP contribution < -0.4 is 10.6 Å². The van der Waals surface area contributed by atoms with Crippen molar-refractivity contribution in [2.75, 3.05) is 18.5 Å². The van der Waals surface area contributed by atoms with Crippen molar-refractivity contribution < 1.29 is 9.90 Å². The quantitative estimate of drug-likeness (QED) is 0.795. The maximum Gasteiger partial charge on any atom is 0.319 e. The first-order chi connectivity index (χ1) is 9.20. The van der Waals surface area contributed by atoms with E-state index >= 15 is 0 Å². The fourth-order valence-corrected chi connectivity index (χ4v) is 2.76. The third-order valence-corrected chi connectivity index (χ3v) is 4.03. The molecule has 2 amide bonds. The zero-order valence-electron chi connectivity index (χ0n) is 10.7. The maximum absolute atomic E-state index is 11.8. The zero-order valence-corrected chi connectivity index (χ0v) is 11.5. The molecule has 104 valence electrons. The maximum atomic E-state index is 11.8. The molecule has 0 heterocycles. The van der Waals surface area contributed by atoms with Crippen molar-refractivity contribution in [2.24, 2.45) is 11.8 Å². The summed E-state index contributed by atoms with van der Waals surface area (Å²) in [5.41, 5.74) is 0.604. The summed E-state index contributed by atoms with van der Waals surface area (Å²) in [6, 6.07) is 6.87. The minimum Gasteiger partial charge on any atom is -0.396 e. The van der Waals surface area contributed by atoms with Gasteiger partial charge in [-0.05, 0) is 36.8 Å². The van der Waals surface area contributed by atoms with Crippen LogP contribution in [0.5, 0.6) is 0 Å². The second-order valence-corrected chi connectivity index (χ2v) is 5.36. The van der Waals surface area contributed by atoms with E-state index in [1.807, 2.05) is 12.1 Å². The minimum atomic E-state index is -0.253. The molecule has 4 nitrogen and oxygen atoms in total. The van der Waals surface area contributed by atoms with Crippen LogP contribution in [0.3, 0.4) is 0 Å². The zero-order chi connectivity index (χ0) is 13.7. The van der Waals surface area contributed by atoms with Crippen molar-refractivity contribution in [1.29, 1.82) is 0 Å². The van der Waals surface area contributed by atoms with E-state index in [4.69, 9.17) is 11.6 Å². The van der Waals surface area contributed by atoms with E-state index in [-0.39, 0.29) is 12.6 Å². The molecule has 1 aromatic rings. The summed E-state index contributed by atoms with van der Waals surface area (Å²) >= 11 is 5.97. The van der Waals surface area contributed by atoms with Crippen LogP contribution in [0.4, 0.5) is 10.5 Å². The molecule has 2 rings (SSSR count). The van der Waals surface area contributed by atoms with Gasteiger partial charge in [0.05, 0.1) is 10.7 Å². The van der Waals surface area contributed by atoms with Gasteiger partial charge in [0.25, 0.3) is 0 Å². The number of rotatable bonds is 4. The lowest BCUT2D eigenvalue weighted by Gasteiger charge is -2.18. The lowest BCUT2D eigenvalue weighted by Crippen LogP contribution is -2.34. The molecule has 2 atom stereocenters. The first kappa shape index (κ1) is 14.2. The van der Waals surface area contributed by atoms with Crippen LogP contribution >= 0.6 is 11.6 Å². The summed E-state index contributed by atoms with van der Waals surface area (Å²) < 4.78 is 0. The van der Waals surface area contributed by atoms with Crippen LogP contribution in [-0.2, 0) is 0 Å². The second kappa shape index (κ2) is 6.78. The standard InChI is InChI=1S/C14H19ClN2O2/c15-12-6-1-2-7-13(12)17-14(19)16-8-10-4-3-5-11(10)9-18/h1-2,6-7,10-11,18H,3-5,8-9H2,(H2,16,17,19). The van der Waals surface area contributed by atoms with Crippen molar-refractivity contribution >= 4 is 23.3 Å². The molecule has 1 saturated carbocycles. The molecule has 3 N–H and O–H groups in total. The average molecular weight is 283 g/mol. The van der Waals surface area contributed by atoms with E-state index in [1.165, 1.54) is 0 Å². The van der Waals surface area contributed by atoms with Crippen molar-refractivity contribution in [3.05, 3.63) is 29.3 Å². The molecule has 2 unspecified atom stereocenters. The summed E-state index contributed by atoms with van der Waals surface area (Å²) in [5, 5.41) is 15.3. The first-order valence-electron chi connectivity index (χ1n) is 6.61. The lowest BCUT2D eigenvalue weighted by molar-refractivity contribution is 0.192. The van der Waals surface area contributed by atoms with Gasteiger partial charge in [-0.15, -0.1) is 0 Å². The molecule has 1 aliphatic rings. The van der Waals surface area contributed by atoms with Gasteiger partial charge in [0.2, 0.25) is 0 Å². The van der Waals surface area contributed by atoms with Gasteiger partial charge in [-0.2, -0.15) is 0 Å². The van der Waals surface area contributed by atoms with Crippen LogP contribution in [0, 0.1) is 11.8 Å². The number of halogens is 1. The Balaban J connectivity index is 1.80. The molecule has 0 aromatic heterocycles. The van der Waals surface area contributed by atoms with Crippen molar-refractivity contribution in [1.82, 2.24) is 5.32 Å². The molecule has 0 aliphatic heterocycles. The third-order valence-electron chi connectivity index (χ3n) is 3.70. The van der Waals surface area contributed by atoms with Gasteiger partial charge in [-0.3, -0.25) is 0 Å². The summed E-state index contributed by atoms with van der Waals surface area (Å²) in [6.07, 6.45) is 3.25. The molecule has 1 aromatic carbocycles. The van der Waals surface area contributed by atoms with Crippen LogP contribution in [0.1, 0.15) is 19.3 Å². The number of carbonyl (C=O) groups is 1. The summed E-state index contributed by atoms with van der Waals surface area (Å²) in [5.74, 6) is 0.697. The van der Waals surface area contributed by atoms with Crippen molar-refractivity contribution in [3.8, 4) is 0 Å². The Hall–Kier alpha value is -1.26. The Morgan fingerprint density at radius 2 is 2.05 bits per heavy atom. The van der Waals surface area contributed by atoms with E-state index in [1.54, 1.807) is 12.1 Å². The van der Waals surface area contributed by atoms with E-state index in [2.05, 4.69) is 10.6 Å². The molecule has 0 radical (unpaired) electrons. The van der Waals surface area contributed by atoms with Gasteiger partial charge in [0.1, 0.15) is 0 Å². The van der Waals surface area contributed by atoms with E-state index in [0.29, 0.717) is 29.1 Å². The van der Waals surface area contributed by atoms with Crippen LogP contribution in [-0.4, -0.2) is 24.3 Å². The molecule has 0 spiro atoms. The van der Waals surface area contributed by atoms with Crippen molar-refractivity contribution in [2.45, 2.75) is 19.3 Å². The molecule has 0 bridgehead atoms. The van der Waals surface area contributed by atoms with Gasteiger partial charge in [-0.1, -0.05) is 30.2 Å². The first-order valence-corrected chi connectivity index (χ1v) is 6.98. The Morgan fingerprint density at radius 3 is 2.79 bits per heavy atom. The Labute approximate surface area is 118 Å². The number of benzene rings is 1. The predicted octanol–water partition coefficient (Wildman–Crippen LogP) is 2.87. The summed E-state index contributed by atoms with van der Waals surface area (Å²) in [4.78, 5) is 11.8. The fourth-order valence-electron chi connectivity index (χ4n) is 2.58. The number of hydrogen-bond donors (Lipinski definition) is 3. The van der Waals surface area contributed by atoms with E-state index < -0.39 is 0 Å². The third kappa shape index (κ3) is 3.85. The molecular weight excluding hydrogens is 264 g/mol. The number of hydrogen-bond acceptors (Lipinski definition) is 2. The Morgan fingerprint density at radius 1 is 1.32 bits per heavy atom. The molecular formula is C14H19ClN2O2. The predicted molar refractivity (Wildman–Crippen MR) is 76.4 cm³/mol. The van der Waals surface area contributed by atoms with Gasteiger partial charge in [0.15, 0.2) is 0 Å². The van der Waals surface area contributed by atoms with E-state index in [0.717, 1.165) is 19.3 Å². The van der Waals surface area contributed by atoms with Gasteiger partial charge >= 0.3 is 6.03 Å². The van der Waals surface area contributed by atoms with Crippen LogP contribution in [0.2, 0.25) is 5.02 Å². The average Bonchev–Trinajstić information content (AvgIpc) is 2.86. The summed E-state index contributed by atoms with van der Waals surface area (Å²) in [7, 11) is 0. The SMILES string of the molecule is O=C(NCC1CCCC1CO)Nc1ccccc1Cl. The number of aliphatic hydroxyl groups is 1. The highest BCUT2D eigenvalue weighted by molar-refractivity contribution is 6.33. The molecule has 1 aliphatic carbocycles. The number of aliphatic hydroxyl groups excluding tert-OH is 1. The van der Waals surface area contributed by atoms with E-state index in [9.17, 15) is 9.90 Å². The van der Waals surface area contributed by atoms with Crippen LogP contribution in [0.15, 0.2) is 24.3 Å². The topological polar surface area (TPSA) is 61.4 Å². The molecule has 5 heteroatoms. The number of carbonyl (C=O) groups excluding carboxylic acids is 1. The normalized spacial score (nSPS) is 22.2. The van der Waals surface area contributed by atoms with Gasteiger partial charge in [0, 0.05) is 13.2 Å². The number of nitrogens with one attached hydrogen (secondary N) is 2. The number of para-hydroxylation sites is 1. The van der Waals surface area contributed by atoms with Crippen molar-refractivity contribution in [3.63, 3.8) is 0 Å². The Kier molecular flexibility index (Phi) is 5.05. The minimum absolute atomic E-state index is 0.207. The number of urea groups is 1. The highest BCUT2D eigenvalue weighted by atomic mass is 35.5.